The van der Waals surface area contributed by atoms with Gasteiger partial charge in [-0.15, -0.1) is 11.8 Å². The molecule has 0 fully saturated rings. The Morgan fingerprint density at radius 3 is 2.81 bits per heavy atom. The van der Waals surface area contributed by atoms with Crippen molar-refractivity contribution in [3.63, 3.8) is 0 Å². The summed E-state index contributed by atoms with van der Waals surface area (Å²) in [5.74, 6) is 0.506. The predicted molar refractivity (Wildman–Crippen MR) is 91.9 cm³/mol. The third-order valence-corrected chi connectivity index (χ3v) is 5.09. The molecule has 104 valence electrons. The summed E-state index contributed by atoms with van der Waals surface area (Å²) < 4.78 is 0. The van der Waals surface area contributed by atoms with E-state index in [2.05, 4.69) is 72.3 Å². The Balaban J connectivity index is 1.89. The van der Waals surface area contributed by atoms with Gasteiger partial charge >= 0.3 is 0 Å². The average molecular weight is 291 g/mol. The van der Waals surface area contributed by atoms with Crippen molar-refractivity contribution < 1.29 is 0 Å². The Labute approximate surface area is 129 Å². The van der Waals surface area contributed by atoms with Crippen molar-refractivity contribution in [1.29, 1.82) is 0 Å². The van der Waals surface area contributed by atoms with Crippen LogP contribution in [0.3, 0.4) is 0 Å². The fraction of sp³-hybridized carbons (Fsp3) is 0.158. The number of allylic oxidation sites excluding steroid dienone is 4. The standard InChI is InChI=1S/C19H17NS/c1-21-18-12-5-3-8-14(18)16-10-6-9-15-13-7-2-4-11-17(13)20-19(15)16/h2-6,8-13,20H,7H2,1H3/t13-/m1/s1. The van der Waals surface area contributed by atoms with Crippen LogP contribution in [0.4, 0.5) is 5.69 Å². The number of fused-ring (bicyclic) bond motifs is 3. The molecule has 0 amide bonds. The summed E-state index contributed by atoms with van der Waals surface area (Å²) in [5.41, 5.74) is 6.69. The van der Waals surface area contributed by atoms with Crippen molar-refractivity contribution in [3.05, 3.63) is 72.0 Å². The van der Waals surface area contributed by atoms with E-state index < -0.39 is 0 Å². The lowest BCUT2D eigenvalue weighted by Crippen LogP contribution is -2.01. The van der Waals surface area contributed by atoms with Crippen LogP contribution in [0.1, 0.15) is 17.9 Å². The molecule has 0 spiro atoms. The SMILES string of the molecule is CSc1ccccc1-c1cccc2c1NC1=CC=CC[C@@H]12. The first-order chi connectivity index (χ1) is 10.4. The first-order valence-electron chi connectivity index (χ1n) is 7.28. The van der Waals surface area contributed by atoms with Crippen LogP contribution in [0.5, 0.6) is 0 Å². The lowest BCUT2D eigenvalue weighted by Gasteiger charge is -2.13. The summed E-state index contributed by atoms with van der Waals surface area (Å²) in [6.07, 6.45) is 9.85. The molecule has 1 N–H and O–H groups in total. The summed E-state index contributed by atoms with van der Waals surface area (Å²) >= 11 is 1.81. The smallest absolute Gasteiger partial charge is 0.0501 e. The van der Waals surface area contributed by atoms with Gasteiger partial charge in [0.05, 0.1) is 5.69 Å². The van der Waals surface area contributed by atoms with Crippen molar-refractivity contribution in [3.8, 4) is 11.1 Å². The van der Waals surface area contributed by atoms with E-state index in [-0.39, 0.29) is 0 Å². The van der Waals surface area contributed by atoms with Crippen molar-refractivity contribution in [2.24, 2.45) is 0 Å². The average Bonchev–Trinajstić information content (AvgIpc) is 2.93. The quantitative estimate of drug-likeness (QED) is 0.741. The van der Waals surface area contributed by atoms with Gasteiger partial charge in [0.2, 0.25) is 0 Å². The van der Waals surface area contributed by atoms with Gasteiger partial charge in [-0.1, -0.05) is 48.6 Å². The van der Waals surface area contributed by atoms with E-state index >= 15 is 0 Å². The lowest BCUT2D eigenvalue weighted by molar-refractivity contribution is 0.836. The molecule has 1 nitrogen and oxygen atoms in total. The van der Waals surface area contributed by atoms with Crippen LogP contribution in [0, 0.1) is 0 Å². The van der Waals surface area contributed by atoms with Crippen molar-refractivity contribution in [2.45, 2.75) is 17.2 Å². The number of rotatable bonds is 2. The van der Waals surface area contributed by atoms with Crippen molar-refractivity contribution in [2.75, 3.05) is 11.6 Å². The molecule has 2 aromatic rings. The molecule has 4 rings (SSSR count). The van der Waals surface area contributed by atoms with Gasteiger partial charge in [-0.2, -0.15) is 0 Å². The molecule has 0 bridgehead atoms. The van der Waals surface area contributed by atoms with Crippen molar-refractivity contribution >= 4 is 17.4 Å². The molecule has 1 heterocycles. The minimum Gasteiger partial charge on any atom is -0.358 e. The van der Waals surface area contributed by atoms with Gasteiger partial charge in [0.1, 0.15) is 0 Å². The summed E-state index contributed by atoms with van der Waals surface area (Å²) in [7, 11) is 0. The van der Waals surface area contributed by atoms with Gasteiger partial charge in [0.25, 0.3) is 0 Å². The van der Waals surface area contributed by atoms with Crippen LogP contribution in [0.2, 0.25) is 0 Å². The normalized spacial score (nSPS) is 18.7. The third kappa shape index (κ3) is 2.02. The Hall–Kier alpha value is -1.93. The van der Waals surface area contributed by atoms with Crippen LogP contribution in [0.25, 0.3) is 11.1 Å². The highest BCUT2D eigenvalue weighted by molar-refractivity contribution is 7.98. The van der Waals surface area contributed by atoms with Gasteiger partial charge < -0.3 is 5.32 Å². The molecule has 0 aromatic heterocycles. The number of nitrogens with one attached hydrogen (secondary N) is 1. The van der Waals surface area contributed by atoms with Gasteiger partial charge in [-0.05, 0) is 35.9 Å². The molecule has 2 aromatic carbocycles. The van der Waals surface area contributed by atoms with Gasteiger partial charge in [0.15, 0.2) is 0 Å². The number of hydrogen-bond acceptors (Lipinski definition) is 2. The zero-order valence-corrected chi connectivity index (χ0v) is 12.8. The first kappa shape index (κ1) is 12.8. The van der Waals surface area contributed by atoms with Crippen LogP contribution in [-0.4, -0.2) is 6.26 Å². The molecule has 0 radical (unpaired) electrons. The number of thioether (sulfide) groups is 1. The summed E-state index contributed by atoms with van der Waals surface area (Å²) in [6.45, 7) is 0. The molecule has 0 saturated carbocycles. The minimum atomic E-state index is 0.506. The second-order valence-electron chi connectivity index (χ2n) is 5.43. The number of hydrogen-bond donors (Lipinski definition) is 1. The molecule has 0 saturated heterocycles. The predicted octanol–water partition coefficient (Wildman–Crippen LogP) is 5.43. The second kappa shape index (κ2) is 5.12. The molecular formula is C19H17NS. The molecule has 1 aliphatic carbocycles. The number of anilines is 1. The monoisotopic (exact) mass is 291 g/mol. The molecular weight excluding hydrogens is 274 g/mol. The van der Waals surface area contributed by atoms with E-state index in [0.717, 1.165) is 6.42 Å². The Morgan fingerprint density at radius 2 is 1.90 bits per heavy atom. The maximum Gasteiger partial charge on any atom is 0.0501 e. The molecule has 21 heavy (non-hydrogen) atoms. The first-order valence-corrected chi connectivity index (χ1v) is 8.51. The molecule has 2 aliphatic rings. The summed E-state index contributed by atoms with van der Waals surface area (Å²) in [5, 5.41) is 3.66. The third-order valence-electron chi connectivity index (χ3n) is 4.30. The van der Waals surface area contributed by atoms with E-state index in [4.69, 9.17) is 0 Å². The minimum absolute atomic E-state index is 0.506. The molecule has 0 unspecified atom stereocenters. The van der Waals surface area contributed by atoms with Crippen LogP contribution >= 0.6 is 11.8 Å². The fourth-order valence-electron chi connectivity index (χ4n) is 3.29. The summed E-state index contributed by atoms with van der Waals surface area (Å²) in [4.78, 5) is 1.33. The topological polar surface area (TPSA) is 12.0 Å². The molecule has 1 atom stereocenters. The van der Waals surface area contributed by atoms with E-state index in [0.29, 0.717) is 5.92 Å². The zero-order chi connectivity index (χ0) is 14.2. The highest BCUT2D eigenvalue weighted by Gasteiger charge is 2.29. The van der Waals surface area contributed by atoms with Crippen LogP contribution in [0.15, 0.2) is 71.3 Å². The number of benzene rings is 2. The highest BCUT2D eigenvalue weighted by Crippen LogP contribution is 2.47. The van der Waals surface area contributed by atoms with Crippen molar-refractivity contribution in [1.82, 2.24) is 0 Å². The summed E-state index contributed by atoms with van der Waals surface area (Å²) in [6, 6.07) is 15.3. The van der Waals surface area contributed by atoms with Gasteiger partial charge in [-0.3, -0.25) is 0 Å². The van der Waals surface area contributed by atoms with E-state index in [9.17, 15) is 0 Å². The lowest BCUT2D eigenvalue weighted by atomic mass is 9.90. The van der Waals surface area contributed by atoms with Crippen LogP contribution in [-0.2, 0) is 0 Å². The molecule has 1 aliphatic heterocycles. The number of para-hydroxylation sites is 1. The largest absolute Gasteiger partial charge is 0.358 e. The maximum atomic E-state index is 3.66. The van der Waals surface area contributed by atoms with Gasteiger partial charge in [-0.25, -0.2) is 0 Å². The second-order valence-corrected chi connectivity index (χ2v) is 6.28. The van der Waals surface area contributed by atoms with Crippen LogP contribution < -0.4 is 5.32 Å². The highest BCUT2D eigenvalue weighted by atomic mass is 32.2. The maximum absolute atomic E-state index is 3.66. The fourth-order valence-corrected chi connectivity index (χ4v) is 3.90. The zero-order valence-electron chi connectivity index (χ0n) is 12.0. The Kier molecular flexibility index (Phi) is 3.12. The Morgan fingerprint density at radius 1 is 1.05 bits per heavy atom. The molecule has 2 heteroatoms. The van der Waals surface area contributed by atoms with E-state index in [1.165, 1.54) is 33.0 Å². The van der Waals surface area contributed by atoms with E-state index in [1.54, 1.807) is 11.8 Å². The van der Waals surface area contributed by atoms with E-state index in [1.807, 2.05) is 0 Å². The Bertz CT molecular complexity index is 758. The van der Waals surface area contributed by atoms with Gasteiger partial charge in [0, 0.05) is 22.1 Å².